The van der Waals surface area contributed by atoms with Crippen LogP contribution >= 0.6 is 11.6 Å². The number of hydrogen-bond acceptors (Lipinski definition) is 5. The molecule has 182 valence electrons. The number of carbonyl (C=O) groups is 3. The number of benzene rings is 1. The molecule has 0 unspecified atom stereocenters. The first-order valence-electron chi connectivity index (χ1n) is 11.6. The SMILES string of the molecule is COCCCNC(=O)C1CCN(C(=O)C2CCN(C(=O)c3cc(Cl)ccc3OC)CC2)CC1. The zero-order valence-corrected chi connectivity index (χ0v) is 20.2. The van der Waals surface area contributed by atoms with E-state index in [-0.39, 0.29) is 29.6 Å². The fraction of sp³-hybridized carbons (Fsp3) is 0.625. The van der Waals surface area contributed by atoms with Crippen molar-refractivity contribution in [2.75, 3.05) is 53.6 Å². The van der Waals surface area contributed by atoms with Gasteiger partial charge in [0.25, 0.3) is 5.91 Å². The first-order valence-corrected chi connectivity index (χ1v) is 12.0. The van der Waals surface area contributed by atoms with Crippen molar-refractivity contribution >= 4 is 29.3 Å². The molecule has 0 bridgehead atoms. The molecule has 0 aromatic heterocycles. The van der Waals surface area contributed by atoms with Gasteiger partial charge >= 0.3 is 0 Å². The molecule has 2 aliphatic heterocycles. The highest BCUT2D eigenvalue weighted by Gasteiger charge is 2.34. The van der Waals surface area contributed by atoms with E-state index in [0.29, 0.717) is 81.3 Å². The molecule has 1 aromatic rings. The molecule has 0 radical (unpaired) electrons. The lowest BCUT2D eigenvalue weighted by atomic mass is 9.91. The van der Waals surface area contributed by atoms with Gasteiger partial charge in [0.1, 0.15) is 5.75 Å². The topological polar surface area (TPSA) is 88.2 Å². The molecule has 2 heterocycles. The number of carbonyl (C=O) groups excluding carboxylic acids is 3. The van der Waals surface area contributed by atoms with E-state index in [1.165, 1.54) is 7.11 Å². The fourth-order valence-corrected chi connectivity index (χ4v) is 4.71. The number of nitrogens with one attached hydrogen (secondary N) is 1. The molecule has 8 nitrogen and oxygen atoms in total. The fourth-order valence-electron chi connectivity index (χ4n) is 4.54. The third kappa shape index (κ3) is 6.60. The number of rotatable bonds is 8. The van der Waals surface area contributed by atoms with E-state index < -0.39 is 0 Å². The van der Waals surface area contributed by atoms with Crippen molar-refractivity contribution in [3.8, 4) is 5.75 Å². The van der Waals surface area contributed by atoms with Crippen molar-refractivity contribution in [1.29, 1.82) is 0 Å². The van der Waals surface area contributed by atoms with Crippen LogP contribution in [0.4, 0.5) is 0 Å². The molecule has 2 fully saturated rings. The van der Waals surface area contributed by atoms with Crippen molar-refractivity contribution in [3.05, 3.63) is 28.8 Å². The second kappa shape index (κ2) is 12.2. The summed E-state index contributed by atoms with van der Waals surface area (Å²) in [5.74, 6) is 0.451. The zero-order chi connectivity index (χ0) is 23.8. The van der Waals surface area contributed by atoms with Crippen LogP contribution in [0.15, 0.2) is 18.2 Å². The lowest BCUT2D eigenvalue weighted by molar-refractivity contribution is -0.140. The van der Waals surface area contributed by atoms with E-state index in [1.54, 1.807) is 30.2 Å². The standard InChI is InChI=1S/C24H34ClN3O5/c1-32-15-3-10-26-22(29)17-6-11-27(12-7-17)23(30)18-8-13-28(14-9-18)24(31)20-16-19(25)4-5-21(20)33-2/h4-5,16-18H,3,6-15H2,1-2H3,(H,26,29). The minimum absolute atomic E-state index is 0.0382. The summed E-state index contributed by atoms with van der Waals surface area (Å²) >= 11 is 6.07. The zero-order valence-electron chi connectivity index (χ0n) is 19.5. The maximum atomic E-state index is 13.0. The predicted octanol–water partition coefficient (Wildman–Crippen LogP) is 2.59. The molecule has 2 saturated heterocycles. The van der Waals surface area contributed by atoms with Gasteiger partial charge in [-0.1, -0.05) is 11.6 Å². The second-order valence-electron chi connectivity index (χ2n) is 8.65. The molecule has 2 aliphatic rings. The summed E-state index contributed by atoms with van der Waals surface area (Å²) < 4.78 is 10.3. The number of amides is 3. The van der Waals surface area contributed by atoms with E-state index in [2.05, 4.69) is 5.32 Å². The van der Waals surface area contributed by atoms with Crippen LogP contribution in [-0.2, 0) is 14.3 Å². The van der Waals surface area contributed by atoms with Gasteiger partial charge in [-0.3, -0.25) is 14.4 Å². The average Bonchev–Trinajstić information content (AvgIpc) is 2.85. The second-order valence-corrected chi connectivity index (χ2v) is 9.08. The average molecular weight is 480 g/mol. The van der Waals surface area contributed by atoms with E-state index in [4.69, 9.17) is 21.1 Å². The molecular weight excluding hydrogens is 446 g/mol. The summed E-state index contributed by atoms with van der Waals surface area (Å²) in [5, 5.41) is 3.44. The van der Waals surface area contributed by atoms with Gasteiger partial charge < -0.3 is 24.6 Å². The Morgan fingerprint density at radius 2 is 1.64 bits per heavy atom. The quantitative estimate of drug-likeness (QED) is 0.579. The van der Waals surface area contributed by atoms with Crippen LogP contribution in [0.3, 0.4) is 0 Å². The summed E-state index contributed by atoms with van der Waals surface area (Å²) in [6.07, 6.45) is 3.44. The lowest BCUT2D eigenvalue weighted by Gasteiger charge is -2.37. The number of methoxy groups -OCH3 is 2. The van der Waals surface area contributed by atoms with Crippen molar-refractivity contribution in [2.45, 2.75) is 32.1 Å². The maximum Gasteiger partial charge on any atom is 0.257 e. The van der Waals surface area contributed by atoms with Crippen molar-refractivity contribution in [3.63, 3.8) is 0 Å². The molecule has 0 atom stereocenters. The Balaban J connectivity index is 1.45. The van der Waals surface area contributed by atoms with Gasteiger partial charge in [0.05, 0.1) is 12.7 Å². The Bertz CT molecular complexity index is 833. The molecule has 0 aliphatic carbocycles. The highest BCUT2D eigenvalue weighted by Crippen LogP contribution is 2.28. The van der Waals surface area contributed by atoms with Gasteiger partial charge in [-0.05, 0) is 50.3 Å². The first kappa shape index (κ1) is 25.3. The highest BCUT2D eigenvalue weighted by molar-refractivity contribution is 6.31. The largest absolute Gasteiger partial charge is 0.496 e. The van der Waals surface area contributed by atoms with Crippen LogP contribution in [-0.4, -0.2) is 81.1 Å². The molecular formula is C24H34ClN3O5. The minimum Gasteiger partial charge on any atom is -0.496 e. The number of hydrogen-bond donors (Lipinski definition) is 1. The van der Waals surface area contributed by atoms with E-state index in [1.807, 2.05) is 4.90 Å². The lowest BCUT2D eigenvalue weighted by Crippen LogP contribution is -2.48. The van der Waals surface area contributed by atoms with Crippen LogP contribution < -0.4 is 10.1 Å². The number of likely N-dealkylation sites (tertiary alicyclic amines) is 2. The first-order chi connectivity index (χ1) is 15.9. The summed E-state index contributed by atoms with van der Waals surface area (Å²) in [4.78, 5) is 42.0. The Morgan fingerprint density at radius 1 is 1.00 bits per heavy atom. The van der Waals surface area contributed by atoms with Gasteiger partial charge in [0.15, 0.2) is 0 Å². The van der Waals surface area contributed by atoms with E-state index in [9.17, 15) is 14.4 Å². The third-order valence-corrected chi connectivity index (χ3v) is 6.76. The Kier molecular flexibility index (Phi) is 9.38. The van der Waals surface area contributed by atoms with Crippen LogP contribution in [0, 0.1) is 11.8 Å². The summed E-state index contributed by atoms with van der Waals surface area (Å²) in [6, 6.07) is 5.00. The summed E-state index contributed by atoms with van der Waals surface area (Å²) in [6.45, 7) is 3.49. The van der Waals surface area contributed by atoms with Crippen LogP contribution in [0.2, 0.25) is 5.02 Å². The molecule has 1 N–H and O–H groups in total. The van der Waals surface area contributed by atoms with Gasteiger partial charge in [-0.25, -0.2) is 0 Å². The predicted molar refractivity (Wildman–Crippen MR) is 125 cm³/mol. The summed E-state index contributed by atoms with van der Waals surface area (Å²) in [5.41, 5.74) is 0.442. The monoisotopic (exact) mass is 479 g/mol. The Hall–Kier alpha value is -2.32. The maximum absolute atomic E-state index is 13.0. The van der Waals surface area contributed by atoms with Crippen LogP contribution in [0.1, 0.15) is 42.5 Å². The van der Waals surface area contributed by atoms with Crippen LogP contribution in [0.25, 0.3) is 0 Å². The van der Waals surface area contributed by atoms with Gasteiger partial charge in [-0.15, -0.1) is 0 Å². The molecule has 9 heteroatoms. The number of piperidine rings is 2. The summed E-state index contributed by atoms with van der Waals surface area (Å²) in [7, 11) is 3.17. The van der Waals surface area contributed by atoms with Crippen molar-refractivity contribution in [1.82, 2.24) is 15.1 Å². The van der Waals surface area contributed by atoms with Crippen molar-refractivity contribution in [2.24, 2.45) is 11.8 Å². The van der Waals surface area contributed by atoms with E-state index >= 15 is 0 Å². The molecule has 1 aromatic carbocycles. The molecule has 0 spiro atoms. The number of halogens is 1. The van der Waals surface area contributed by atoms with Gasteiger partial charge in [0.2, 0.25) is 11.8 Å². The number of nitrogens with zero attached hydrogens (tertiary/aromatic N) is 2. The Morgan fingerprint density at radius 3 is 2.27 bits per heavy atom. The van der Waals surface area contributed by atoms with Crippen LogP contribution in [0.5, 0.6) is 5.75 Å². The number of ether oxygens (including phenoxy) is 2. The molecule has 0 saturated carbocycles. The third-order valence-electron chi connectivity index (χ3n) is 6.53. The molecule has 3 amide bonds. The van der Waals surface area contributed by atoms with Crippen molar-refractivity contribution < 1.29 is 23.9 Å². The molecule has 33 heavy (non-hydrogen) atoms. The Labute approximate surface area is 200 Å². The van der Waals surface area contributed by atoms with Gasteiger partial charge in [-0.2, -0.15) is 0 Å². The molecule has 3 rings (SSSR count). The highest BCUT2D eigenvalue weighted by atomic mass is 35.5. The van der Waals surface area contributed by atoms with E-state index in [0.717, 1.165) is 6.42 Å². The minimum atomic E-state index is -0.127. The van der Waals surface area contributed by atoms with Gasteiger partial charge in [0, 0.05) is 63.3 Å². The smallest absolute Gasteiger partial charge is 0.257 e. The normalized spacial score (nSPS) is 17.7.